The van der Waals surface area contributed by atoms with E-state index in [2.05, 4.69) is 6.08 Å². The van der Waals surface area contributed by atoms with Gasteiger partial charge in [0, 0.05) is 6.42 Å². The Hall–Kier alpha value is -0.590. The molecule has 3 rings (SSSR count). The topological polar surface area (TPSA) is 0 Å². The van der Waals surface area contributed by atoms with E-state index in [0.717, 1.165) is 5.92 Å². The summed E-state index contributed by atoms with van der Waals surface area (Å²) in [5.74, 6) is 2.07. The molecule has 106 valence electrons. The van der Waals surface area contributed by atoms with Crippen molar-refractivity contribution in [3.8, 4) is 0 Å². The first-order chi connectivity index (χ1) is 9.33. The van der Waals surface area contributed by atoms with Gasteiger partial charge in [-0.3, -0.25) is 0 Å². The standard InChI is InChI=1S/C18H27F/c19-18-12-16(14-7-3-1-4-8-14)11-17(13-18)15-9-5-2-6-10-15/h11-12,14-15,17H,1-10,13H2. The van der Waals surface area contributed by atoms with E-state index in [1.807, 2.05) is 6.08 Å². The molecule has 2 saturated carbocycles. The molecule has 0 heterocycles. The Bertz CT molecular complexity index is 354. The van der Waals surface area contributed by atoms with Gasteiger partial charge in [-0.15, -0.1) is 0 Å². The zero-order valence-corrected chi connectivity index (χ0v) is 12.0. The fourth-order valence-electron chi connectivity index (χ4n) is 4.37. The van der Waals surface area contributed by atoms with Crippen molar-refractivity contribution in [3.63, 3.8) is 0 Å². The highest BCUT2D eigenvalue weighted by Gasteiger charge is 2.28. The fourth-order valence-corrected chi connectivity index (χ4v) is 4.37. The van der Waals surface area contributed by atoms with Gasteiger partial charge in [0.25, 0.3) is 0 Å². The molecule has 1 unspecified atom stereocenters. The molecular formula is C18H27F. The summed E-state index contributed by atoms with van der Waals surface area (Å²) in [4.78, 5) is 0. The normalized spacial score (nSPS) is 30.9. The number of hydrogen-bond donors (Lipinski definition) is 0. The van der Waals surface area contributed by atoms with Crippen LogP contribution in [0.4, 0.5) is 4.39 Å². The molecule has 0 radical (unpaired) electrons. The van der Waals surface area contributed by atoms with Gasteiger partial charge in [-0.2, -0.15) is 0 Å². The van der Waals surface area contributed by atoms with Crippen molar-refractivity contribution in [3.05, 3.63) is 23.6 Å². The van der Waals surface area contributed by atoms with Crippen LogP contribution >= 0.6 is 0 Å². The molecule has 0 aromatic heterocycles. The Morgan fingerprint density at radius 3 is 2.16 bits per heavy atom. The van der Waals surface area contributed by atoms with Crippen molar-refractivity contribution in [1.82, 2.24) is 0 Å². The van der Waals surface area contributed by atoms with Crippen molar-refractivity contribution in [2.75, 3.05) is 0 Å². The molecule has 0 aliphatic heterocycles. The Morgan fingerprint density at radius 2 is 1.47 bits per heavy atom. The van der Waals surface area contributed by atoms with Crippen molar-refractivity contribution >= 4 is 0 Å². The summed E-state index contributed by atoms with van der Waals surface area (Å²) in [7, 11) is 0. The highest BCUT2D eigenvalue weighted by atomic mass is 19.1. The molecule has 19 heavy (non-hydrogen) atoms. The van der Waals surface area contributed by atoms with Crippen LogP contribution in [0.1, 0.15) is 70.6 Å². The summed E-state index contributed by atoms with van der Waals surface area (Å²) < 4.78 is 14.0. The first-order valence-electron chi connectivity index (χ1n) is 8.41. The minimum atomic E-state index is 0.152. The number of hydrogen-bond acceptors (Lipinski definition) is 0. The second kappa shape index (κ2) is 6.24. The Morgan fingerprint density at radius 1 is 0.842 bits per heavy atom. The van der Waals surface area contributed by atoms with E-state index in [4.69, 9.17) is 0 Å². The van der Waals surface area contributed by atoms with Crippen LogP contribution in [0.3, 0.4) is 0 Å². The van der Waals surface area contributed by atoms with Crippen molar-refractivity contribution in [1.29, 1.82) is 0 Å². The Kier molecular flexibility index (Phi) is 4.40. The molecule has 2 fully saturated rings. The first-order valence-corrected chi connectivity index (χ1v) is 8.41. The summed E-state index contributed by atoms with van der Waals surface area (Å²) in [5.41, 5.74) is 1.35. The molecule has 1 heteroatoms. The second-order valence-corrected chi connectivity index (χ2v) is 6.86. The van der Waals surface area contributed by atoms with Crippen LogP contribution in [0.15, 0.2) is 23.6 Å². The maximum Gasteiger partial charge on any atom is 0.101 e. The molecule has 0 bridgehead atoms. The zero-order chi connectivity index (χ0) is 13.1. The number of rotatable bonds is 2. The number of allylic oxidation sites excluding steroid dienone is 4. The number of halogens is 1. The van der Waals surface area contributed by atoms with Gasteiger partial charge in [0.15, 0.2) is 0 Å². The van der Waals surface area contributed by atoms with Crippen LogP contribution in [0.5, 0.6) is 0 Å². The molecule has 3 aliphatic rings. The van der Waals surface area contributed by atoms with Gasteiger partial charge in [-0.1, -0.05) is 44.6 Å². The van der Waals surface area contributed by atoms with Gasteiger partial charge in [0.05, 0.1) is 0 Å². The van der Waals surface area contributed by atoms with Crippen LogP contribution in [0, 0.1) is 17.8 Å². The predicted molar refractivity (Wildman–Crippen MR) is 78.5 cm³/mol. The maximum absolute atomic E-state index is 14.0. The van der Waals surface area contributed by atoms with Gasteiger partial charge in [0.2, 0.25) is 0 Å². The SMILES string of the molecule is FC1=CC(C2CCCCC2)=CC(C2CCCCC2)C1. The van der Waals surface area contributed by atoms with E-state index < -0.39 is 0 Å². The van der Waals surface area contributed by atoms with Gasteiger partial charge >= 0.3 is 0 Å². The Balaban J connectivity index is 1.71. The lowest BCUT2D eigenvalue weighted by molar-refractivity contribution is 0.270. The van der Waals surface area contributed by atoms with Crippen molar-refractivity contribution < 1.29 is 4.39 Å². The van der Waals surface area contributed by atoms with Crippen molar-refractivity contribution in [2.24, 2.45) is 17.8 Å². The summed E-state index contributed by atoms with van der Waals surface area (Å²) in [6, 6.07) is 0. The van der Waals surface area contributed by atoms with E-state index in [0.29, 0.717) is 18.3 Å². The van der Waals surface area contributed by atoms with Crippen LogP contribution in [-0.4, -0.2) is 0 Å². The van der Waals surface area contributed by atoms with Gasteiger partial charge < -0.3 is 0 Å². The molecule has 0 amide bonds. The minimum absolute atomic E-state index is 0.152. The maximum atomic E-state index is 14.0. The highest BCUT2D eigenvalue weighted by molar-refractivity contribution is 5.29. The van der Waals surface area contributed by atoms with E-state index in [9.17, 15) is 4.39 Å². The molecule has 0 aromatic carbocycles. The summed E-state index contributed by atoms with van der Waals surface area (Å²) in [5, 5.41) is 0. The molecule has 1 atom stereocenters. The minimum Gasteiger partial charge on any atom is -0.212 e. The molecule has 0 N–H and O–H groups in total. The van der Waals surface area contributed by atoms with Crippen LogP contribution in [0.2, 0.25) is 0 Å². The van der Waals surface area contributed by atoms with E-state index >= 15 is 0 Å². The summed E-state index contributed by atoms with van der Waals surface area (Å²) in [6.45, 7) is 0. The average Bonchev–Trinajstić information content (AvgIpc) is 2.48. The zero-order valence-electron chi connectivity index (χ0n) is 12.0. The Labute approximate surface area is 117 Å². The fraction of sp³-hybridized carbons (Fsp3) is 0.778. The van der Waals surface area contributed by atoms with Gasteiger partial charge in [-0.25, -0.2) is 4.39 Å². The molecule has 0 aromatic rings. The van der Waals surface area contributed by atoms with Crippen LogP contribution in [0.25, 0.3) is 0 Å². The molecular weight excluding hydrogens is 235 g/mol. The molecule has 0 nitrogen and oxygen atoms in total. The molecule has 0 spiro atoms. The lowest BCUT2D eigenvalue weighted by Crippen LogP contribution is -2.20. The quantitative estimate of drug-likeness (QED) is 0.577. The lowest BCUT2D eigenvalue weighted by Gasteiger charge is -2.32. The summed E-state index contributed by atoms with van der Waals surface area (Å²) >= 11 is 0. The largest absolute Gasteiger partial charge is 0.212 e. The molecule has 3 aliphatic carbocycles. The first kappa shape index (κ1) is 13.4. The summed E-state index contributed by atoms with van der Waals surface area (Å²) in [6.07, 6.45) is 18.4. The van der Waals surface area contributed by atoms with Gasteiger partial charge in [0.1, 0.15) is 5.83 Å². The monoisotopic (exact) mass is 262 g/mol. The van der Waals surface area contributed by atoms with Crippen LogP contribution in [-0.2, 0) is 0 Å². The van der Waals surface area contributed by atoms with Crippen molar-refractivity contribution in [2.45, 2.75) is 70.6 Å². The lowest BCUT2D eigenvalue weighted by atomic mass is 9.73. The molecule has 0 saturated heterocycles. The smallest absolute Gasteiger partial charge is 0.101 e. The van der Waals surface area contributed by atoms with E-state index in [1.54, 1.807) is 0 Å². The van der Waals surface area contributed by atoms with E-state index in [-0.39, 0.29) is 5.83 Å². The average molecular weight is 262 g/mol. The third-order valence-electron chi connectivity index (χ3n) is 5.49. The van der Waals surface area contributed by atoms with Gasteiger partial charge in [-0.05, 0) is 55.1 Å². The van der Waals surface area contributed by atoms with Crippen LogP contribution < -0.4 is 0 Å². The predicted octanol–water partition coefficient (Wildman–Crippen LogP) is 5.95. The van der Waals surface area contributed by atoms with E-state index in [1.165, 1.54) is 69.8 Å². The highest BCUT2D eigenvalue weighted by Crippen LogP contribution is 2.41. The third-order valence-corrected chi connectivity index (χ3v) is 5.49. The second-order valence-electron chi connectivity index (χ2n) is 6.86. The third kappa shape index (κ3) is 3.30.